The number of nitrogens with one attached hydrogen (secondary N) is 1. The van der Waals surface area contributed by atoms with Crippen molar-refractivity contribution in [3.05, 3.63) is 82.7 Å². The molecule has 1 aromatic heterocycles. The van der Waals surface area contributed by atoms with E-state index < -0.39 is 0 Å². The van der Waals surface area contributed by atoms with Gasteiger partial charge in [0.15, 0.2) is 0 Å². The lowest BCUT2D eigenvalue weighted by atomic mass is 10.1. The van der Waals surface area contributed by atoms with Gasteiger partial charge in [0.2, 0.25) is 5.91 Å². The number of carbonyl (C=O) groups excluding carboxylic acids is 1. The smallest absolute Gasteiger partial charge is 0.244 e. The molecule has 1 N–H and O–H groups in total. The van der Waals surface area contributed by atoms with Crippen LogP contribution in [0.15, 0.2) is 54.7 Å². The number of aromatic nitrogens is 2. The highest BCUT2D eigenvalue weighted by molar-refractivity contribution is 5.91. The van der Waals surface area contributed by atoms with Gasteiger partial charge in [-0.15, -0.1) is 0 Å². The molecular weight excluding hydrogens is 390 g/mol. The Morgan fingerprint density at radius 2 is 2.00 bits per heavy atom. The van der Waals surface area contributed by atoms with E-state index in [2.05, 4.69) is 10.4 Å². The number of methoxy groups -OCH3 is 1. The van der Waals surface area contributed by atoms with Crippen LogP contribution < -0.4 is 14.8 Å². The van der Waals surface area contributed by atoms with Crippen molar-refractivity contribution in [2.75, 3.05) is 7.11 Å². The van der Waals surface area contributed by atoms with Crippen LogP contribution in [0.5, 0.6) is 11.5 Å². The zero-order chi connectivity index (χ0) is 22.2. The van der Waals surface area contributed by atoms with Gasteiger partial charge < -0.3 is 14.8 Å². The van der Waals surface area contributed by atoms with Gasteiger partial charge in [-0.05, 0) is 62.2 Å². The van der Waals surface area contributed by atoms with Crippen molar-refractivity contribution in [2.45, 2.75) is 40.5 Å². The predicted octanol–water partition coefficient (Wildman–Crippen LogP) is 4.44. The SMILES string of the molecule is CCn1ncc(CNC(=O)/C=C/c2ccc(OC)c(COc3cccc(C)c3)c2)c1C. The summed E-state index contributed by atoms with van der Waals surface area (Å²) in [4.78, 5) is 12.3. The summed E-state index contributed by atoms with van der Waals surface area (Å²) in [6.07, 6.45) is 5.12. The quantitative estimate of drug-likeness (QED) is 0.521. The largest absolute Gasteiger partial charge is 0.496 e. The maximum atomic E-state index is 12.3. The standard InChI is InChI=1S/C25H29N3O3/c1-5-28-19(3)22(16-27-28)15-26-25(29)12-10-20-9-11-24(30-4)21(14-20)17-31-23-8-6-7-18(2)13-23/h6-14,16H,5,15,17H2,1-4H3,(H,26,29)/b12-10+. The van der Waals surface area contributed by atoms with E-state index in [4.69, 9.17) is 9.47 Å². The van der Waals surface area contributed by atoms with E-state index in [1.54, 1.807) is 19.4 Å². The number of hydrogen-bond acceptors (Lipinski definition) is 4. The Morgan fingerprint density at radius 1 is 1.16 bits per heavy atom. The van der Waals surface area contributed by atoms with Crippen LogP contribution >= 0.6 is 0 Å². The Labute approximate surface area is 183 Å². The van der Waals surface area contributed by atoms with E-state index in [9.17, 15) is 4.79 Å². The highest BCUT2D eigenvalue weighted by Crippen LogP contribution is 2.23. The Hall–Kier alpha value is -3.54. The minimum Gasteiger partial charge on any atom is -0.496 e. The zero-order valence-electron chi connectivity index (χ0n) is 18.5. The molecule has 0 spiro atoms. The second-order valence-electron chi connectivity index (χ2n) is 7.30. The number of hydrogen-bond donors (Lipinski definition) is 1. The van der Waals surface area contributed by atoms with Gasteiger partial charge >= 0.3 is 0 Å². The normalized spacial score (nSPS) is 11.0. The van der Waals surface area contributed by atoms with Crippen molar-refractivity contribution in [1.29, 1.82) is 0 Å². The lowest BCUT2D eigenvalue weighted by Crippen LogP contribution is -2.20. The van der Waals surface area contributed by atoms with Crippen molar-refractivity contribution < 1.29 is 14.3 Å². The minimum atomic E-state index is -0.156. The average molecular weight is 420 g/mol. The van der Waals surface area contributed by atoms with Crippen LogP contribution in [-0.2, 0) is 24.5 Å². The third-order valence-corrected chi connectivity index (χ3v) is 5.07. The first kappa shape index (κ1) is 22.2. The maximum Gasteiger partial charge on any atom is 0.244 e. The van der Waals surface area contributed by atoms with E-state index in [0.717, 1.165) is 46.0 Å². The van der Waals surface area contributed by atoms with Crippen LogP contribution in [0.2, 0.25) is 0 Å². The van der Waals surface area contributed by atoms with Crippen molar-refractivity contribution >= 4 is 12.0 Å². The van der Waals surface area contributed by atoms with Gasteiger partial charge in [-0.25, -0.2) is 0 Å². The number of nitrogens with zero attached hydrogens (tertiary/aromatic N) is 2. The average Bonchev–Trinajstić information content (AvgIpc) is 3.14. The summed E-state index contributed by atoms with van der Waals surface area (Å²) in [5.74, 6) is 1.40. The Kier molecular flexibility index (Phi) is 7.49. The third kappa shape index (κ3) is 5.98. The highest BCUT2D eigenvalue weighted by atomic mass is 16.5. The van der Waals surface area contributed by atoms with Crippen LogP contribution in [0, 0.1) is 13.8 Å². The molecule has 1 heterocycles. The molecule has 0 unspecified atom stereocenters. The van der Waals surface area contributed by atoms with Crippen LogP contribution in [0.4, 0.5) is 0 Å². The second-order valence-corrected chi connectivity index (χ2v) is 7.30. The summed E-state index contributed by atoms with van der Waals surface area (Å²) in [7, 11) is 1.64. The lowest BCUT2D eigenvalue weighted by molar-refractivity contribution is -0.116. The molecule has 0 saturated heterocycles. The van der Waals surface area contributed by atoms with E-state index in [0.29, 0.717) is 13.2 Å². The summed E-state index contributed by atoms with van der Waals surface area (Å²) in [5, 5.41) is 7.21. The molecule has 3 rings (SSSR count). The van der Waals surface area contributed by atoms with E-state index in [1.165, 1.54) is 6.08 Å². The molecule has 2 aromatic carbocycles. The van der Waals surface area contributed by atoms with Crippen LogP contribution in [0.3, 0.4) is 0 Å². The van der Waals surface area contributed by atoms with Crippen LogP contribution in [-0.4, -0.2) is 22.8 Å². The van der Waals surface area contributed by atoms with Gasteiger partial charge in [-0.2, -0.15) is 5.10 Å². The van der Waals surface area contributed by atoms with Crippen molar-refractivity contribution in [3.63, 3.8) is 0 Å². The van der Waals surface area contributed by atoms with Gasteiger partial charge in [0.05, 0.1) is 13.3 Å². The Bertz CT molecular complexity index is 1070. The summed E-state index contributed by atoms with van der Waals surface area (Å²) in [6, 6.07) is 13.7. The molecule has 0 bridgehead atoms. The fourth-order valence-corrected chi connectivity index (χ4v) is 3.27. The van der Waals surface area contributed by atoms with Crippen molar-refractivity contribution in [1.82, 2.24) is 15.1 Å². The highest BCUT2D eigenvalue weighted by Gasteiger charge is 2.07. The molecule has 6 nitrogen and oxygen atoms in total. The molecule has 162 valence electrons. The fourth-order valence-electron chi connectivity index (χ4n) is 3.27. The second kappa shape index (κ2) is 10.5. The molecule has 0 aliphatic carbocycles. The molecule has 0 atom stereocenters. The topological polar surface area (TPSA) is 65.4 Å². The number of aryl methyl sites for hydroxylation is 2. The molecule has 0 fully saturated rings. The minimum absolute atomic E-state index is 0.156. The number of benzene rings is 2. The van der Waals surface area contributed by atoms with Gasteiger partial charge in [0, 0.05) is 36.0 Å². The maximum absolute atomic E-state index is 12.3. The number of rotatable bonds is 9. The molecule has 3 aromatic rings. The summed E-state index contributed by atoms with van der Waals surface area (Å²) >= 11 is 0. The molecular formula is C25H29N3O3. The number of carbonyl (C=O) groups is 1. The number of ether oxygens (including phenoxy) is 2. The number of amides is 1. The fraction of sp³-hybridized carbons (Fsp3) is 0.280. The molecule has 0 aliphatic rings. The molecule has 6 heteroatoms. The predicted molar refractivity (Wildman–Crippen MR) is 122 cm³/mol. The lowest BCUT2D eigenvalue weighted by Gasteiger charge is -2.11. The van der Waals surface area contributed by atoms with Gasteiger partial charge in [-0.1, -0.05) is 18.2 Å². The van der Waals surface area contributed by atoms with Crippen LogP contribution in [0.1, 0.15) is 34.9 Å². The first-order valence-electron chi connectivity index (χ1n) is 10.3. The van der Waals surface area contributed by atoms with Crippen molar-refractivity contribution in [3.8, 4) is 11.5 Å². The molecule has 0 aliphatic heterocycles. The van der Waals surface area contributed by atoms with Gasteiger partial charge in [-0.3, -0.25) is 9.48 Å². The zero-order valence-corrected chi connectivity index (χ0v) is 18.5. The van der Waals surface area contributed by atoms with E-state index >= 15 is 0 Å². The van der Waals surface area contributed by atoms with E-state index in [-0.39, 0.29) is 5.91 Å². The first-order valence-corrected chi connectivity index (χ1v) is 10.3. The molecule has 0 radical (unpaired) electrons. The van der Waals surface area contributed by atoms with Crippen LogP contribution in [0.25, 0.3) is 6.08 Å². The monoisotopic (exact) mass is 419 g/mol. The Morgan fingerprint density at radius 3 is 2.71 bits per heavy atom. The molecule has 0 saturated carbocycles. The first-order chi connectivity index (χ1) is 15.0. The third-order valence-electron chi connectivity index (χ3n) is 5.07. The van der Waals surface area contributed by atoms with Gasteiger partial charge in [0.1, 0.15) is 18.1 Å². The summed E-state index contributed by atoms with van der Waals surface area (Å²) < 4.78 is 13.3. The molecule has 31 heavy (non-hydrogen) atoms. The van der Waals surface area contributed by atoms with Gasteiger partial charge in [0.25, 0.3) is 0 Å². The van der Waals surface area contributed by atoms with Crippen molar-refractivity contribution in [2.24, 2.45) is 0 Å². The Balaban J connectivity index is 1.62. The van der Waals surface area contributed by atoms with E-state index in [1.807, 2.05) is 67.9 Å². The summed E-state index contributed by atoms with van der Waals surface area (Å²) in [5.41, 5.74) is 5.04. The summed E-state index contributed by atoms with van der Waals surface area (Å²) in [6.45, 7) is 7.72. The molecule has 1 amide bonds.